The molecular weight excluding hydrogens is 388 g/mol. The summed E-state index contributed by atoms with van der Waals surface area (Å²) in [4.78, 5) is 19.4. The fraction of sp³-hybridized carbons (Fsp3) is 0.440. The molecule has 6 nitrogen and oxygen atoms in total. The molecule has 0 saturated carbocycles. The Morgan fingerprint density at radius 2 is 1.84 bits per heavy atom. The van der Waals surface area contributed by atoms with Crippen molar-refractivity contribution in [2.45, 2.75) is 51.6 Å². The summed E-state index contributed by atoms with van der Waals surface area (Å²) in [6.07, 6.45) is 2.93. The van der Waals surface area contributed by atoms with E-state index in [1.165, 1.54) is 11.1 Å². The van der Waals surface area contributed by atoms with Crippen LogP contribution in [-0.4, -0.2) is 46.2 Å². The number of nitrogens with two attached hydrogens (primary N) is 1. The molecule has 0 aliphatic rings. The molecule has 1 unspecified atom stereocenters. The smallest absolute Gasteiger partial charge is 0.331 e. The molecule has 0 amide bonds. The van der Waals surface area contributed by atoms with Crippen molar-refractivity contribution in [1.29, 1.82) is 0 Å². The zero-order valence-corrected chi connectivity index (χ0v) is 19.1. The van der Waals surface area contributed by atoms with Gasteiger partial charge >= 0.3 is 5.97 Å². The van der Waals surface area contributed by atoms with Gasteiger partial charge in [-0.2, -0.15) is 0 Å². The number of aryl methyl sites for hydroxylation is 3. The molecule has 1 aromatic heterocycles. The molecule has 3 N–H and O–H groups in total. The summed E-state index contributed by atoms with van der Waals surface area (Å²) in [5, 5.41) is 10.3. The van der Waals surface area contributed by atoms with Crippen molar-refractivity contribution in [1.82, 2.24) is 14.5 Å². The SMILES string of the molecule is CCc1ccc(CC(N)(C(=O)O)c2nc3ccccc3n2CCCN(C)C)cc1CC. The molecule has 3 rings (SSSR count). The fourth-order valence-electron chi connectivity index (χ4n) is 4.22. The Bertz CT molecular complexity index is 1060. The molecule has 0 bridgehead atoms. The Balaban J connectivity index is 2.06. The monoisotopic (exact) mass is 422 g/mol. The standard InChI is InChI=1S/C25H34N4O2/c1-5-19-13-12-18(16-20(19)6-2)17-25(26,24(30)31)23-27-21-10-7-8-11-22(21)29(23)15-9-14-28(3)4/h7-8,10-13,16H,5-6,9,14-15,17,26H2,1-4H3,(H,30,31). The van der Waals surface area contributed by atoms with Crippen LogP contribution in [0.25, 0.3) is 11.0 Å². The lowest BCUT2D eigenvalue weighted by Gasteiger charge is -2.26. The maximum absolute atomic E-state index is 12.5. The van der Waals surface area contributed by atoms with Gasteiger partial charge in [-0.15, -0.1) is 0 Å². The van der Waals surface area contributed by atoms with Crippen molar-refractivity contribution in [3.8, 4) is 0 Å². The molecular formula is C25H34N4O2. The van der Waals surface area contributed by atoms with Crippen LogP contribution in [0.1, 0.15) is 42.8 Å². The van der Waals surface area contributed by atoms with Gasteiger partial charge in [-0.3, -0.25) is 0 Å². The van der Waals surface area contributed by atoms with Crippen molar-refractivity contribution < 1.29 is 9.90 Å². The van der Waals surface area contributed by atoms with Crippen molar-refractivity contribution >= 4 is 17.0 Å². The van der Waals surface area contributed by atoms with Crippen LogP contribution in [0.4, 0.5) is 0 Å². The topological polar surface area (TPSA) is 84.4 Å². The Labute approximate surface area is 184 Å². The highest BCUT2D eigenvalue weighted by Gasteiger charge is 2.41. The van der Waals surface area contributed by atoms with Gasteiger partial charge in [-0.25, -0.2) is 9.78 Å². The van der Waals surface area contributed by atoms with E-state index < -0.39 is 11.5 Å². The number of nitrogens with zero attached hydrogens (tertiary/aromatic N) is 3. The van der Waals surface area contributed by atoms with Gasteiger partial charge in [-0.05, 0) is 68.7 Å². The number of aromatic nitrogens is 2. The zero-order valence-electron chi connectivity index (χ0n) is 19.1. The molecule has 6 heteroatoms. The summed E-state index contributed by atoms with van der Waals surface area (Å²) in [7, 11) is 4.06. The number of hydrogen-bond donors (Lipinski definition) is 2. The predicted octanol–water partition coefficient (Wildman–Crippen LogP) is 3.59. The number of hydrogen-bond acceptors (Lipinski definition) is 4. The van der Waals surface area contributed by atoms with Gasteiger partial charge in [0.15, 0.2) is 5.54 Å². The summed E-state index contributed by atoms with van der Waals surface area (Å²) in [6, 6.07) is 14.0. The Morgan fingerprint density at radius 1 is 1.13 bits per heavy atom. The van der Waals surface area contributed by atoms with Crippen LogP contribution in [0.15, 0.2) is 42.5 Å². The van der Waals surface area contributed by atoms with Crippen LogP contribution in [0.5, 0.6) is 0 Å². The molecule has 166 valence electrons. The van der Waals surface area contributed by atoms with E-state index in [4.69, 9.17) is 10.7 Å². The highest BCUT2D eigenvalue weighted by molar-refractivity contribution is 5.83. The maximum atomic E-state index is 12.5. The van der Waals surface area contributed by atoms with Crippen LogP contribution in [0.2, 0.25) is 0 Å². The first kappa shape index (κ1) is 23.0. The van der Waals surface area contributed by atoms with E-state index in [-0.39, 0.29) is 6.42 Å². The van der Waals surface area contributed by atoms with Crippen LogP contribution < -0.4 is 5.73 Å². The quantitative estimate of drug-likeness (QED) is 0.522. The van der Waals surface area contributed by atoms with Crippen molar-refractivity contribution in [2.75, 3.05) is 20.6 Å². The molecule has 31 heavy (non-hydrogen) atoms. The first-order valence-electron chi connectivity index (χ1n) is 11.0. The lowest BCUT2D eigenvalue weighted by Crippen LogP contribution is -2.49. The van der Waals surface area contributed by atoms with Crippen LogP contribution in [0, 0.1) is 0 Å². The van der Waals surface area contributed by atoms with Crippen LogP contribution in [0.3, 0.4) is 0 Å². The van der Waals surface area contributed by atoms with E-state index in [1.54, 1.807) is 0 Å². The first-order chi connectivity index (χ1) is 14.8. The maximum Gasteiger partial charge on any atom is 0.331 e. The minimum absolute atomic E-state index is 0.191. The molecule has 2 aromatic carbocycles. The second-order valence-electron chi connectivity index (χ2n) is 8.50. The summed E-state index contributed by atoms with van der Waals surface area (Å²) in [5.41, 5.74) is 10.2. The zero-order chi connectivity index (χ0) is 22.6. The second-order valence-corrected chi connectivity index (χ2v) is 8.50. The Kier molecular flexibility index (Phi) is 7.13. The fourth-order valence-corrected chi connectivity index (χ4v) is 4.22. The largest absolute Gasteiger partial charge is 0.480 e. The predicted molar refractivity (Wildman–Crippen MR) is 125 cm³/mol. The number of aliphatic carboxylic acids is 1. The van der Waals surface area contributed by atoms with Gasteiger partial charge in [0.2, 0.25) is 0 Å². The highest BCUT2D eigenvalue weighted by Crippen LogP contribution is 2.29. The number of rotatable bonds is 10. The molecule has 0 spiro atoms. The molecule has 1 atom stereocenters. The lowest BCUT2D eigenvalue weighted by atomic mass is 9.88. The number of fused-ring (bicyclic) bond motifs is 1. The van der Waals surface area contributed by atoms with Crippen molar-refractivity contribution in [2.24, 2.45) is 5.73 Å². The van der Waals surface area contributed by atoms with Gasteiger partial charge in [0.05, 0.1) is 11.0 Å². The summed E-state index contributed by atoms with van der Waals surface area (Å²) in [5.74, 6) is -0.646. The van der Waals surface area contributed by atoms with E-state index >= 15 is 0 Å². The van der Waals surface area contributed by atoms with Crippen LogP contribution >= 0.6 is 0 Å². The molecule has 1 heterocycles. The van der Waals surface area contributed by atoms with Gasteiger partial charge in [0, 0.05) is 13.0 Å². The minimum atomic E-state index is -1.62. The molecule has 0 radical (unpaired) electrons. The molecule has 0 aliphatic carbocycles. The van der Waals surface area contributed by atoms with Gasteiger partial charge in [-0.1, -0.05) is 44.2 Å². The number of benzene rings is 2. The average molecular weight is 423 g/mol. The van der Waals surface area contributed by atoms with Crippen molar-refractivity contribution in [3.63, 3.8) is 0 Å². The van der Waals surface area contributed by atoms with Gasteiger partial charge in [0.1, 0.15) is 5.82 Å². The van der Waals surface area contributed by atoms with Crippen molar-refractivity contribution in [3.05, 3.63) is 65.0 Å². The summed E-state index contributed by atoms with van der Waals surface area (Å²) >= 11 is 0. The molecule has 0 saturated heterocycles. The van der Waals surface area contributed by atoms with Crippen LogP contribution in [-0.2, 0) is 36.1 Å². The number of carbonyl (C=O) groups is 1. The van der Waals surface area contributed by atoms with E-state index in [1.807, 2.05) is 49.0 Å². The summed E-state index contributed by atoms with van der Waals surface area (Å²) in [6.45, 7) is 5.81. The van der Waals surface area contributed by atoms with E-state index in [9.17, 15) is 9.90 Å². The average Bonchev–Trinajstić information content (AvgIpc) is 3.12. The number of carboxylic acid groups (broad SMARTS) is 1. The summed E-state index contributed by atoms with van der Waals surface area (Å²) < 4.78 is 1.99. The van der Waals surface area contributed by atoms with E-state index in [0.717, 1.165) is 42.4 Å². The number of imidazole rings is 1. The highest BCUT2D eigenvalue weighted by atomic mass is 16.4. The van der Waals surface area contributed by atoms with Gasteiger partial charge < -0.3 is 20.3 Å². The normalized spacial score (nSPS) is 13.6. The Morgan fingerprint density at radius 3 is 2.48 bits per heavy atom. The molecule has 0 aliphatic heterocycles. The molecule has 3 aromatic rings. The first-order valence-corrected chi connectivity index (χ1v) is 11.0. The lowest BCUT2D eigenvalue weighted by molar-refractivity contribution is -0.144. The molecule has 0 fully saturated rings. The minimum Gasteiger partial charge on any atom is -0.480 e. The third-order valence-electron chi connectivity index (χ3n) is 5.94. The Hall–Kier alpha value is -2.70. The third kappa shape index (κ3) is 4.81. The van der Waals surface area contributed by atoms with E-state index in [0.29, 0.717) is 12.4 Å². The van der Waals surface area contributed by atoms with Gasteiger partial charge in [0.25, 0.3) is 0 Å². The number of carboxylic acids is 1. The number of para-hydroxylation sites is 2. The third-order valence-corrected chi connectivity index (χ3v) is 5.94. The van der Waals surface area contributed by atoms with E-state index in [2.05, 4.69) is 30.9 Å². The second kappa shape index (κ2) is 9.62.